The van der Waals surface area contributed by atoms with Crippen molar-refractivity contribution in [2.45, 2.75) is 25.9 Å². The lowest BCUT2D eigenvalue weighted by atomic mass is 10.4. The van der Waals surface area contributed by atoms with E-state index < -0.39 is 0 Å². The first-order valence-electron chi connectivity index (χ1n) is 5.70. The number of hydrogen-bond acceptors (Lipinski definition) is 5. The molecule has 1 N–H and O–H groups in total. The van der Waals surface area contributed by atoms with Gasteiger partial charge in [0.2, 0.25) is 0 Å². The van der Waals surface area contributed by atoms with Crippen molar-refractivity contribution in [1.29, 1.82) is 0 Å². The monoisotopic (exact) mass is 274 g/mol. The molecular weight excluding hydrogens is 256 g/mol. The van der Waals surface area contributed by atoms with Gasteiger partial charge in [-0.05, 0) is 6.42 Å². The summed E-state index contributed by atoms with van der Waals surface area (Å²) in [5.74, 6) is 5.11. The van der Waals surface area contributed by atoms with E-state index in [1.165, 1.54) is 33.7 Å². The van der Waals surface area contributed by atoms with Gasteiger partial charge in [0.25, 0.3) is 0 Å². The second kappa shape index (κ2) is 6.89. The maximum absolute atomic E-state index is 4.58. The Morgan fingerprint density at radius 2 is 2.12 bits per heavy atom. The molecule has 0 atom stereocenters. The molecule has 1 aliphatic heterocycles. The number of hydrogen-bond donors (Lipinski definition) is 1. The summed E-state index contributed by atoms with van der Waals surface area (Å²) in [4.78, 5) is 4.58. The summed E-state index contributed by atoms with van der Waals surface area (Å²) in [6, 6.07) is 0.659. The van der Waals surface area contributed by atoms with Gasteiger partial charge in [-0.1, -0.05) is 6.92 Å². The van der Waals surface area contributed by atoms with Crippen LogP contribution >= 0.6 is 34.9 Å². The van der Waals surface area contributed by atoms with Crippen molar-refractivity contribution in [2.24, 2.45) is 0 Å². The fourth-order valence-corrected chi connectivity index (χ4v) is 4.85. The van der Waals surface area contributed by atoms with Crippen LogP contribution in [0.2, 0.25) is 0 Å². The van der Waals surface area contributed by atoms with Gasteiger partial charge in [0.1, 0.15) is 5.01 Å². The summed E-state index contributed by atoms with van der Waals surface area (Å²) >= 11 is 5.92. The largest absolute Gasteiger partial charge is 0.306 e. The van der Waals surface area contributed by atoms with Crippen LogP contribution in [0.1, 0.15) is 17.6 Å². The Balaban J connectivity index is 1.77. The summed E-state index contributed by atoms with van der Waals surface area (Å²) in [5, 5.41) is 7.03. The molecule has 2 heterocycles. The molecule has 1 aliphatic rings. The third-order valence-electron chi connectivity index (χ3n) is 2.51. The fourth-order valence-electron chi connectivity index (χ4n) is 1.56. The second-order valence-electron chi connectivity index (χ2n) is 3.81. The van der Waals surface area contributed by atoms with E-state index in [2.05, 4.69) is 46.1 Å². The molecule has 0 aliphatic carbocycles. The molecule has 0 spiro atoms. The first-order valence-corrected chi connectivity index (χ1v) is 8.89. The summed E-state index contributed by atoms with van der Waals surface area (Å²) < 4.78 is 0. The van der Waals surface area contributed by atoms with Gasteiger partial charge < -0.3 is 5.32 Å². The van der Waals surface area contributed by atoms with Crippen molar-refractivity contribution in [1.82, 2.24) is 10.3 Å². The molecule has 0 radical (unpaired) electrons. The highest BCUT2D eigenvalue weighted by atomic mass is 32.2. The van der Waals surface area contributed by atoms with E-state index in [-0.39, 0.29) is 0 Å². The molecule has 2 rings (SSSR count). The zero-order valence-electron chi connectivity index (χ0n) is 9.57. The molecule has 5 heteroatoms. The minimum absolute atomic E-state index is 0.659. The Kier molecular flexibility index (Phi) is 5.48. The van der Waals surface area contributed by atoms with Crippen LogP contribution in [0.25, 0.3) is 0 Å². The third-order valence-corrected chi connectivity index (χ3v) is 5.93. The van der Waals surface area contributed by atoms with Crippen molar-refractivity contribution < 1.29 is 0 Å². The van der Waals surface area contributed by atoms with E-state index >= 15 is 0 Å². The summed E-state index contributed by atoms with van der Waals surface area (Å²) in [7, 11) is 0. The van der Waals surface area contributed by atoms with E-state index in [0.29, 0.717) is 6.04 Å². The molecule has 2 nitrogen and oxygen atoms in total. The van der Waals surface area contributed by atoms with Gasteiger partial charge in [-0.2, -0.15) is 23.5 Å². The van der Waals surface area contributed by atoms with E-state index in [9.17, 15) is 0 Å². The minimum atomic E-state index is 0.659. The SMILES string of the molecule is CCc1csc(CNC2CSCCSC2)n1. The van der Waals surface area contributed by atoms with Crippen molar-refractivity contribution in [3.63, 3.8) is 0 Å². The predicted octanol–water partition coefficient (Wildman–Crippen LogP) is 2.64. The van der Waals surface area contributed by atoms with Crippen LogP contribution in [0.4, 0.5) is 0 Å². The van der Waals surface area contributed by atoms with Crippen molar-refractivity contribution in [2.75, 3.05) is 23.0 Å². The van der Waals surface area contributed by atoms with Crippen molar-refractivity contribution >= 4 is 34.9 Å². The highest BCUT2D eigenvalue weighted by Crippen LogP contribution is 2.17. The zero-order chi connectivity index (χ0) is 11.2. The van der Waals surface area contributed by atoms with Gasteiger partial charge in [0, 0.05) is 41.0 Å². The topological polar surface area (TPSA) is 24.9 Å². The quantitative estimate of drug-likeness (QED) is 0.912. The Bertz CT molecular complexity index is 306. The number of nitrogens with one attached hydrogen (secondary N) is 1. The van der Waals surface area contributed by atoms with Crippen LogP contribution in [-0.4, -0.2) is 34.0 Å². The average molecular weight is 274 g/mol. The van der Waals surface area contributed by atoms with E-state index in [1.807, 2.05) is 0 Å². The third kappa shape index (κ3) is 3.95. The average Bonchev–Trinajstić information content (AvgIpc) is 2.61. The molecule has 1 aromatic rings. The Morgan fingerprint density at radius 1 is 1.38 bits per heavy atom. The van der Waals surface area contributed by atoms with Crippen LogP contribution in [0.5, 0.6) is 0 Å². The Morgan fingerprint density at radius 3 is 2.75 bits per heavy atom. The lowest BCUT2D eigenvalue weighted by Crippen LogP contribution is -2.32. The highest BCUT2D eigenvalue weighted by molar-refractivity contribution is 8.03. The Hall–Kier alpha value is 0.290. The molecule has 0 aromatic carbocycles. The van der Waals surface area contributed by atoms with Crippen LogP contribution in [0, 0.1) is 0 Å². The molecule has 16 heavy (non-hydrogen) atoms. The summed E-state index contributed by atoms with van der Waals surface area (Å²) in [6.07, 6.45) is 1.05. The normalized spacial score (nSPS) is 18.6. The lowest BCUT2D eigenvalue weighted by molar-refractivity contribution is 0.601. The van der Waals surface area contributed by atoms with Gasteiger partial charge in [-0.15, -0.1) is 11.3 Å². The maximum Gasteiger partial charge on any atom is 0.107 e. The number of thiazole rings is 1. The molecule has 0 amide bonds. The molecule has 1 saturated heterocycles. The van der Waals surface area contributed by atoms with E-state index in [4.69, 9.17) is 0 Å². The molecule has 0 saturated carbocycles. The fraction of sp³-hybridized carbons (Fsp3) is 0.727. The molecule has 0 bridgehead atoms. The maximum atomic E-state index is 4.58. The molecule has 0 unspecified atom stereocenters. The minimum Gasteiger partial charge on any atom is -0.306 e. The van der Waals surface area contributed by atoms with Gasteiger partial charge in [-0.25, -0.2) is 4.98 Å². The van der Waals surface area contributed by atoms with Crippen molar-refractivity contribution in [3.8, 4) is 0 Å². The number of thioether (sulfide) groups is 2. The first kappa shape index (κ1) is 12.7. The molecule has 90 valence electrons. The van der Waals surface area contributed by atoms with Crippen LogP contribution in [0.15, 0.2) is 5.38 Å². The predicted molar refractivity (Wildman–Crippen MR) is 76.8 cm³/mol. The summed E-state index contributed by atoms with van der Waals surface area (Å²) in [6.45, 7) is 3.10. The van der Waals surface area contributed by atoms with E-state index in [1.54, 1.807) is 11.3 Å². The number of aryl methyl sites for hydroxylation is 1. The highest BCUT2D eigenvalue weighted by Gasteiger charge is 2.12. The van der Waals surface area contributed by atoms with Gasteiger partial charge in [-0.3, -0.25) is 0 Å². The van der Waals surface area contributed by atoms with Crippen molar-refractivity contribution in [3.05, 3.63) is 16.1 Å². The van der Waals surface area contributed by atoms with Crippen LogP contribution in [-0.2, 0) is 13.0 Å². The van der Waals surface area contributed by atoms with Gasteiger partial charge in [0.05, 0.1) is 5.69 Å². The van der Waals surface area contributed by atoms with Gasteiger partial charge >= 0.3 is 0 Å². The van der Waals surface area contributed by atoms with Crippen LogP contribution < -0.4 is 5.32 Å². The van der Waals surface area contributed by atoms with Gasteiger partial charge in [0.15, 0.2) is 0 Å². The zero-order valence-corrected chi connectivity index (χ0v) is 12.0. The molecule has 1 aromatic heterocycles. The first-order chi connectivity index (χ1) is 7.88. The number of aromatic nitrogens is 1. The smallest absolute Gasteiger partial charge is 0.107 e. The molecular formula is C11H18N2S3. The van der Waals surface area contributed by atoms with E-state index in [0.717, 1.165) is 13.0 Å². The second-order valence-corrected chi connectivity index (χ2v) is 7.06. The number of rotatable bonds is 4. The Labute approximate surface area is 110 Å². The summed E-state index contributed by atoms with van der Waals surface area (Å²) in [5.41, 5.74) is 1.23. The standard InChI is InChI=1S/C11H18N2S3/c1-2-9-8-16-11(13-9)5-12-10-6-14-3-4-15-7-10/h8,10,12H,2-7H2,1H3. The van der Waals surface area contributed by atoms with Crippen LogP contribution in [0.3, 0.4) is 0 Å². The lowest BCUT2D eigenvalue weighted by Gasteiger charge is -2.13. The number of nitrogens with zero attached hydrogens (tertiary/aromatic N) is 1. The molecule has 1 fully saturated rings.